The van der Waals surface area contributed by atoms with Gasteiger partial charge in [-0.25, -0.2) is 0 Å². The van der Waals surface area contributed by atoms with E-state index in [9.17, 15) is 0 Å². The zero-order chi connectivity index (χ0) is 26.3. The summed E-state index contributed by atoms with van der Waals surface area (Å²) in [5.41, 5.74) is 0.630. The molecule has 0 fully saturated rings. The Morgan fingerprint density at radius 1 is 0.343 bits per heavy atom. The second-order valence-electron chi connectivity index (χ2n) is 13.0. The normalized spacial score (nSPS) is 12.7. The molecule has 0 spiro atoms. The van der Waals surface area contributed by atoms with Gasteiger partial charge in [0.1, 0.15) is 0 Å². The van der Waals surface area contributed by atoms with E-state index < -0.39 is 0 Å². The van der Waals surface area contributed by atoms with Gasteiger partial charge >= 0.3 is 0 Å². The van der Waals surface area contributed by atoms with E-state index in [4.69, 9.17) is 0 Å². The van der Waals surface area contributed by atoms with Crippen molar-refractivity contribution in [2.75, 3.05) is 6.54 Å². The molecule has 0 aromatic heterocycles. The van der Waals surface area contributed by atoms with Crippen LogP contribution in [0.15, 0.2) is 0 Å². The fraction of sp³-hybridized carbons (Fsp3) is 1.00. The van der Waals surface area contributed by atoms with E-state index >= 15 is 0 Å². The number of hydrogen-bond acceptors (Lipinski definition) is 1. The van der Waals surface area contributed by atoms with E-state index in [0.29, 0.717) is 11.1 Å². The van der Waals surface area contributed by atoms with E-state index in [0.717, 1.165) is 0 Å². The molecule has 0 radical (unpaired) electrons. The molecule has 212 valence electrons. The molecule has 0 N–H and O–H groups in total. The van der Waals surface area contributed by atoms with Crippen LogP contribution in [0.4, 0.5) is 0 Å². The highest BCUT2D eigenvalue weighted by molar-refractivity contribution is 4.92. The van der Waals surface area contributed by atoms with Crippen molar-refractivity contribution in [2.24, 2.45) is 0 Å². The summed E-state index contributed by atoms with van der Waals surface area (Å²) in [4.78, 5) is 2.95. The Morgan fingerprint density at radius 3 is 0.914 bits per heavy atom. The molecule has 0 saturated heterocycles. The maximum absolute atomic E-state index is 2.95. The lowest BCUT2D eigenvalue weighted by Crippen LogP contribution is -2.55. The van der Waals surface area contributed by atoms with Gasteiger partial charge in [0.15, 0.2) is 0 Å². The highest BCUT2D eigenvalue weighted by Gasteiger charge is 2.36. The first-order chi connectivity index (χ1) is 16.8. The second kappa shape index (κ2) is 23.1. The van der Waals surface area contributed by atoms with Crippen molar-refractivity contribution in [3.63, 3.8) is 0 Å². The quantitative estimate of drug-likeness (QED) is 0.103. The minimum Gasteiger partial charge on any atom is -0.293 e. The number of hydrogen-bond donors (Lipinski definition) is 0. The molecular formula is C34H71N. The van der Waals surface area contributed by atoms with Gasteiger partial charge in [-0.3, -0.25) is 4.90 Å². The predicted molar refractivity (Wildman–Crippen MR) is 163 cm³/mol. The summed E-state index contributed by atoms with van der Waals surface area (Å²) in [6.07, 6.45) is 34.0. The van der Waals surface area contributed by atoms with Gasteiger partial charge in [0, 0.05) is 11.1 Å². The lowest BCUT2D eigenvalue weighted by molar-refractivity contribution is 0.00151. The van der Waals surface area contributed by atoms with Crippen LogP contribution in [-0.4, -0.2) is 22.5 Å². The maximum Gasteiger partial charge on any atom is 0.0158 e. The molecule has 0 amide bonds. The van der Waals surface area contributed by atoms with Crippen LogP contribution in [0.3, 0.4) is 0 Å². The molecule has 0 unspecified atom stereocenters. The standard InChI is InChI=1S/C34H71N/c1-8-11-14-17-20-22-24-27-30-33(4,5)35(32-29-26-19-16-13-10-3)34(6,7)31-28-25-23-21-18-15-12-9-2/h8-32H2,1-7H3. The number of rotatable bonds is 27. The number of unbranched alkanes of at least 4 members (excludes halogenated alkanes) is 19. The van der Waals surface area contributed by atoms with Crippen molar-refractivity contribution in [1.29, 1.82) is 0 Å². The molecule has 1 nitrogen and oxygen atoms in total. The first-order valence-electron chi connectivity index (χ1n) is 16.6. The van der Waals surface area contributed by atoms with Crippen LogP contribution in [0.1, 0.15) is 203 Å². The summed E-state index contributed by atoms with van der Waals surface area (Å²) in [6.45, 7) is 18.5. The van der Waals surface area contributed by atoms with Crippen molar-refractivity contribution in [3.05, 3.63) is 0 Å². The Morgan fingerprint density at radius 2 is 0.600 bits per heavy atom. The first kappa shape index (κ1) is 35.0. The average molecular weight is 494 g/mol. The highest BCUT2D eigenvalue weighted by atomic mass is 15.2. The predicted octanol–water partition coefficient (Wildman–Crippen LogP) is 12.3. The molecule has 0 aromatic rings. The van der Waals surface area contributed by atoms with Crippen LogP contribution in [-0.2, 0) is 0 Å². The summed E-state index contributed by atoms with van der Waals surface area (Å²) >= 11 is 0. The zero-order valence-corrected chi connectivity index (χ0v) is 26.1. The molecule has 0 atom stereocenters. The molecule has 0 aromatic carbocycles. The van der Waals surface area contributed by atoms with Crippen molar-refractivity contribution < 1.29 is 0 Å². The molecule has 0 aliphatic carbocycles. The topological polar surface area (TPSA) is 3.24 Å². The Labute approximate surface area is 225 Å². The summed E-state index contributed by atoms with van der Waals surface area (Å²) in [7, 11) is 0. The van der Waals surface area contributed by atoms with Crippen LogP contribution in [0.5, 0.6) is 0 Å². The minimum absolute atomic E-state index is 0.315. The third kappa shape index (κ3) is 19.7. The average Bonchev–Trinajstić information content (AvgIpc) is 2.81. The minimum atomic E-state index is 0.315. The van der Waals surface area contributed by atoms with Crippen LogP contribution in [0.25, 0.3) is 0 Å². The van der Waals surface area contributed by atoms with Gasteiger partial charge in [-0.05, 0) is 53.5 Å². The van der Waals surface area contributed by atoms with Gasteiger partial charge in [0.2, 0.25) is 0 Å². The highest BCUT2D eigenvalue weighted by Crippen LogP contribution is 2.34. The molecule has 0 rings (SSSR count). The maximum atomic E-state index is 2.95. The molecule has 0 saturated carbocycles. The van der Waals surface area contributed by atoms with E-state index in [1.165, 1.54) is 161 Å². The van der Waals surface area contributed by atoms with Gasteiger partial charge in [0.05, 0.1) is 0 Å². The molecule has 35 heavy (non-hydrogen) atoms. The summed E-state index contributed by atoms with van der Waals surface area (Å²) in [5, 5.41) is 0. The van der Waals surface area contributed by atoms with Crippen LogP contribution < -0.4 is 0 Å². The fourth-order valence-corrected chi connectivity index (χ4v) is 6.13. The van der Waals surface area contributed by atoms with Crippen LogP contribution >= 0.6 is 0 Å². The zero-order valence-electron chi connectivity index (χ0n) is 26.1. The Hall–Kier alpha value is -0.0400. The summed E-state index contributed by atoms with van der Waals surface area (Å²) in [5.74, 6) is 0. The van der Waals surface area contributed by atoms with Crippen molar-refractivity contribution in [2.45, 2.75) is 214 Å². The SMILES string of the molecule is CCCCCCCCCCC(C)(C)N(CCCCCCCC)C(C)(C)CCCCCCCCCC. The molecule has 0 bridgehead atoms. The molecule has 0 aliphatic rings. The lowest BCUT2D eigenvalue weighted by Gasteiger charge is -2.49. The smallest absolute Gasteiger partial charge is 0.0158 e. The Bertz CT molecular complexity index is 392. The summed E-state index contributed by atoms with van der Waals surface area (Å²) < 4.78 is 0. The monoisotopic (exact) mass is 494 g/mol. The lowest BCUT2D eigenvalue weighted by atomic mass is 9.85. The second-order valence-corrected chi connectivity index (χ2v) is 13.0. The van der Waals surface area contributed by atoms with Gasteiger partial charge in [-0.15, -0.1) is 0 Å². The molecule has 0 heterocycles. The summed E-state index contributed by atoms with van der Waals surface area (Å²) in [6, 6.07) is 0. The molecular weight excluding hydrogens is 422 g/mol. The molecule has 1 heteroatoms. The van der Waals surface area contributed by atoms with Gasteiger partial charge in [0.25, 0.3) is 0 Å². The van der Waals surface area contributed by atoms with E-state index in [1.807, 2.05) is 0 Å². The van der Waals surface area contributed by atoms with Gasteiger partial charge < -0.3 is 0 Å². The van der Waals surface area contributed by atoms with Crippen LogP contribution in [0, 0.1) is 0 Å². The Balaban J connectivity index is 4.62. The molecule has 0 aliphatic heterocycles. The third-order valence-corrected chi connectivity index (χ3v) is 8.48. The van der Waals surface area contributed by atoms with Crippen LogP contribution in [0.2, 0.25) is 0 Å². The van der Waals surface area contributed by atoms with Gasteiger partial charge in [-0.1, -0.05) is 156 Å². The van der Waals surface area contributed by atoms with Crippen molar-refractivity contribution in [3.8, 4) is 0 Å². The number of nitrogens with zero attached hydrogens (tertiary/aromatic N) is 1. The van der Waals surface area contributed by atoms with E-state index in [1.54, 1.807) is 0 Å². The van der Waals surface area contributed by atoms with E-state index in [2.05, 4.69) is 53.4 Å². The van der Waals surface area contributed by atoms with Crippen molar-refractivity contribution >= 4 is 0 Å². The van der Waals surface area contributed by atoms with Gasteiger partial charge in [-0.2, -0.15) is 0 Å². The van der Waals surface area contributed by atoms with E-state index in [-0.39, 0.29) is 0 Å². The fourth-order valence-electron chi connectivity index (χ4n) is 6.13. The largest absolute Gasteiger partial charge is 0.293 e. The van der Waals surface area contributed by atoms with Crippen molar-refractivity contribution in [1.82, 2.24) is 4.90 Å². The first-order valence-corrected chi connectivity index (χ1v) is 16.6. The Kier molecular flexibility index (Phi) is 23.1. The third-order valence-electron chi connectivity index (χ3n) is 8.48.